The largest absolute Gasteiger partial charge is 0.496 e. The van der Waals surface area contributed by atoms with E-state index in [4.69, 9.17) is 21.1 Å². The van der Waals surface area contributed by atoms with Crippen LogP contribution >= 0.6 is 11.6 Å². The number of methoxy groups -OCH3 is 2. The number of esters is 1. The summed E-state index contributed by atoms with van der Waals surface area (Å²) in [5, 5.41) is 0. The zero-order chi connectivity index (χ0) is 16.2. The van der Waals surface area contributed by atoms with Gasteiger partial charge in [-0.1, -0.05) is 6.07 Å². The molecule has 0 N–H and O–H groups in total. The summed E-state index contributed by atoms with van der Waals surface area (Å²) in [4.78, 5) is 12.1. The van der Waals surface area contributed by atoms with Crippen molar-refractivity contribution in [1.82, 2.24) is 0 Å². The van der Waals surface area contributed by atoms with Crippen LogP contribution in [0.1, 0.15) is 35.6 Å². The summed E-state index contributed by atoms with van der Waals surface area (Å²) in [6.07, 6.45) is 1.20. The Labute approximate surface area is 132 Å². The fourth-order valence-electron chi connectivity index (χ4n) is 2.78. The topological polar surface area (TPSA) is 35.5 Å². The molecule has 0 bridgehead atoms. The molecule has 21 heavy (non-hydrogen) atoms. The van der Waals surface area contributed by atoms with Crippen LogP contribution in [0.4, 0.5) is 0 Å². The van der Waals surface area contributed by atoms with E-state index in [-0.39, 0.29) is 5.97 Å². The molecule has 0 aromatic heterocycles. The molecular formula is C17H25ClO3. The van der Waals surface area contributed by atoms with Crippen molar-refractivity contribution in [1.29, 1.82) is 0 Å². The van der Waals surface area contributed by atoms with Gasteiger partial charge in [-0.2, -0.15) is 0 Å². The summed E-state index contributed by atoms with van der Waals surface area (Å²) >= 11 is 5.88. The van der Waals surface area contributed by atoms with E-state index in [1.807, 2.05) is 20.8 Å². The first kappa shape index (κ1) is 17.8. The fraction of sp³-hybridized carbons (Fsp3) is 0.588. The lowest BCUT2D eigenvalue weighted by molar-refractivity contribution is -0.151. The highest BCUT2D eigenvalue weighted by molar-refractivity contribution is 6.18. The van der Waals surface area contributed by atoms with Crippen molar-refractivity contribution in [2.45, 2.75) is 40.5 Å². The van der Waals surface area contributed by atoms with Gasteiger partial charge in [0.05, 0.1) is 19.6 Å². The summed E-state index contributed by atoms with van der Waals surface area (Å²) in [7, 11) is 3.10. The molecule has 0 spiro atoms. The Morgan fingerprint density at radius 1 is 1.24 bits per heavy atom. The molecule has 1 rings (SSSR count). The Hall–Kier alpha value is -1.22. The van der Waals surface area contributed by atoms with Crippen LogP contribution in [0, 0.1) is 26.2 Å². The predicted octanol–water partition coefficient (Wildman–Crippen LogP) is 3.97. The van der Waals surface area contributed by atoms with Crippen LogP contribution in [-0.4, -0.2) is 26.1 Å². The first-order chi connectivity index (χ1) is 9.80. The third-order valence-corrected chi connectivity index (χ3v) is 4.43. The van der Waals surface area contributed by atoms with Crippen molar-refractivity contribution in [3.05, 3.63) is 28.3 Å². The highest BCUT2D eigenvalue weighted by Gasteiger charge is 2.34. The lowest BCUT2D eigenvalue weighted by Crippen LogP contribution is -2.32. The Kier molecular flexibility index (Phi) is 6.09. The second kappa shape index (κ2) is 7.17. The number of carbonyl (C=O) groups excluding carboxylic acids is 1. The van der Waals surface area contributed by atoms with Gasteiger partial charge in [-0.3, -0.25) is 4.79 Å². The second-order valence-corrected chi connectivity index (χ2v) is 6.18. The van der Waals surface area contributed by atoms with Crippen molar-refractivity contribution in [3.63, 3.8) is 0 Å². The Bertz CT molecular complexity index is 525. The third-order valence-electron chi connectivity index (χ3n) is 4.24. The minimum Gasteiger partial charge on any atom is -0.496 e. The molecular weight excluding hydrogens is 288 g/mol. The molecule has 1 aromatic carbocycles. The van der Waals surface area contributed by atoms with Crippen molar-refractivity contribution in [3.8, 4) is 5.75 Å². The molecule has 1 atom stereocenters. The SMILES string of the molecule is COC(=O)C(C)(CCCl)Cc1cc(C)c(OC)c(C)c1C. The molecule has 0 radical (unpaired) electrons. The first-order valence-corrected chi connectivity index (χ1v) is 7.62. The Balaban J connectivity index is 3.25. The molecule has 0 fully saturated rings. The number of carbonyl (C=O) groups is 1. The maximum absolute atomic E-state index is 12.1. The standard InChI is InChI=1S/C17H25ClO3/c1-11-9-14(12(2)13(3)15(11)20-5)10-17(4,7-8-18)16(19)21-6/h9H,7-8,10H2,1-6H3. The van der Waals surface area contributed by atoms with E-state index in [1.165, 1.54) is 7.11 Å². The summed E-state index contributed by atoms with van der Waals surface area (Å²) in [5.41, 5.74) is 3.89. The third kappa shape index (κ3) is 3.70. The quantitative estimate of drug-likeness (QED) is 0.589. The van der Waals surface area contributed by atoms with Gasteiger partial charge in [0.15, 0.2) is 0 Å². The Morgan fingerprint density at radius 2 is 1.86 bits per heavy atom. The average Bonchev–Trinajstić information content (AvgIpc) is 2.44. The minimum absolute atomic E-state index is 0.214. The van der Waals surface area contributed by atoms with Crippen LogP contribution in [0.25, 0.3) is 0 Å². The number of rotatable bonds is 6. The van der Waals surface area contributed by atoms with Crippen LogP contribution in [0.3, 0.4) is 0 Å². The van der Waals surface area contributed by atoms with Gasteiger partial charge in [-0.05, 0) is 62.8 Å². The van der Waals surface area contributed by atoms with Gasteiger partial charge in [0.25, 0.3) is 0 Å². The summed E-state index contributed by atoms with van der Waals surface area (Å²) < 4.78 is 10.4. The van der Waals surface area contributed by atoms with Crippen LogP contribution < -0.4 is 4.74 Å². The average molecular weight is 313 g/mol. The van der Waals surface area contributed by atoms with Crippen LogP contribution in [-0.2, 0) is 16.0 Å². The minimum atomic E-state index is -0.602. The number of aryl methyl sites for hydroxylation is 1. The lowest BCUT2D eigenvalue weighted by atomic mass is 9.79. The molecule has 0 aliphatic rings. The molecule has 4 heteroatoms. The van der Waals surface area contributed by atoms with E-state index in [0.29, 0.717) is 18.7 Å². The number of hydrogen-bond acceptors (Lipinski definition) is 3. The molecule has 0 saturated carbocycles. The molecule has 1 unspecified atom stereocenters. The van der Waals surface area contributed by atoms with Gasteiger partial charge in [-0.25, -0.2) is 0 Å². The van der Waals surface area contributed by atoms with Crippen molar-refractivity contribution in [2.24, 2.45) is 5.41 Å². The maximum Gasteiger partial charge on any atom is 0.311 e. The van der Waals surface area contributed by atoms with Crippen LogP contribution in [0.15, 0.2) is 6.07 Å². The van der Waals surface area contributed by atoms with Crippen LogP contribution in [0.5, 0.6) is 5.75 Å². The lowest BCUT2D eigenvalue weighted by Gasteiger charge is -2.27. The highest BCUT2D eigenvalue weighted by atomic mass is 35.5. The molecule has 3 nitrogen and oxygen atoms in total. The zero-order valence-electron chi connectivity index (χ0n) is 13.8. The van der Waals surface area contributed by atoms with Gasteiger partial charge in [0.2, 0.25) is 0 Å². The second-order valence-electron chi connectivity index (χ2n) is 5.80. The summed E-state index contributed by atoms with van der Waals surface area (Å²) in [5.74, 6) is 1.13. The van der Waals surface area contributed by atoms with Gasteiger partial charge in [0, 0.05) is 5.88 Å². The molecule has 0 heterocycles. The van der Waals surface area contributed by atoms with E-state index in [9.17, 15) is 4.79 Å². The van der Waals surface area contributed by atoms with E-state index in [1.54, 1.807) is 7.11 Å². The summed E-state index contributed by atoms with van der Waals surface area (Å²) in [6.45, 7) is 8.04. The zero-order valence-corrected chi connectivity index (χ0v) is 14.6. The monoisotopic (exact) mass is 312 g/mol. The van der Waals surface area contributed by atoms with E-state index < -0.39 is 5.41 Å². The van der Waals surface area contributed by atoms with Gasteiger partial charge in [0.1, 0.15) is 5.75 Å². The number of halogens is 1. The molecule has 0 saturated heterocycles. The van der Waals surface area contributed by atoms with Gasteiger partial charge in [-0.15, -0.1) is 11.6 Å². The van der Waals surface area contributed by atoms with Gasteiger partial charge >= 0.3 is 5.97 Å². The number of hydrogen-bond donors (Lipinski definition) is 0. The van der Waals surface area contributed by atoms with E-state index in [2.05, 4.69) is 13.0 Å². The highest BCUT2D eigenvalue weighted by Crippen LogP contribution is 2.34. The van der Waals surface area contributed by atoms with Crippen LogP contribution in [0.2, 0.25) is 0 Å². The fourth-order valence-corrected chi connectivity index (χ4v) is 3.19. The van der Waals surface area contributed by atoms with E-state index in [0.717, 1.165) is 28.0 Å². The number of alkyl halides is 1. The molecule has 0 aliphatic carbocycles. The first-order valence-electron chi connectivity index (χ1n) is 7.08. The number of ether oxygens (including phenoxy) is 2. The smallest absolute Gasteiger partial charge is 0.311 e. The van der Waals surface area contributed by atoms with Crippen molar-refractivity contribution < 1.29 is 14.3 Å². The molecule has 0 aliphatic heterocycles. The Morgan fingerprint density at radius 3 is 2.33 bits per heavy atom. The van der Waals surface area contributed by atoms with Crippen molar-refractivity contribution in [2.75, 3.05) is 20.1 Å². The maximum atomic E-state index is 12.1. The molecule has 118 valence electrons. The summed E-state index contributed by atoms with van der Waals surface area (Å²) in [6, 6.07) is 2.09. The van der Waals surface area contributed by atoms with E-state index >= 15 is 0 Å². The predicted molar refractivity (Wildman–Crippen MR) is 86.4 cm³/mol. The molecule has 0 amide bonds. The number of benzene rings is 1. The molecule has 1 aromatic rings. The normalized spacial score (nSPS) is 13.7. The van der Waals surface area contributed by atoms with Gasteiger partial charge < -0.3 is 9.47 Å². The van der Waals surface area contributed by atoms with Crippen molar-refractivity contribution >= 4 is 17.6 Å².